The summed E-state index contributed by atoms with van der Waals surface area (Å²) in [6.45, 7) is 5.33. The number of nitrogens with zero attached hydrogens (tertiary/aromatic N) is 2. The van der Waals surface area contributed by atoms with Gasteiger partial charge in [-0.1, -0.05) is 36.4 Å². The second-order valence-corrected chi connectivity index (χ2v) is 10.2. The Bertz CT molecular complexity index is 2030. The minimum absolute atomic E-state index is 0.0283. The number of aromatic nitrogens is 3. The van der Waals surface area contributed by atoms with Gasteiger partial charge in [0.2, 0.25) is 0 Å². The Morgan fingerprint density at radius 3 is 2.54 bits per heavy atom. The number of rotatable bonds is 4. The predicted octanol–water partition coefficient (Wildman–Crippen LogP) is 5.46. The summed E-state index contributed by atoms with van der Waals surface area (Å²) >= 11 is 0. The van der Waals surface area contributed by atoms with E-state index in [9.17, 15) is 19.1 Å². The molecule has 39 heavy (non-hydrogen) atoms. The van der Waals surface area contributed by atoms with Crippen LogP contribution in [0.4, 0.5) is 4.39 Å². The van der Waals surface area contributed by atoms with Gasteiger partial charge >= 0.3 is 0 Å². The first-order valence-electron chi connectivity index (χ1n) is 12.4. The van der Waals surface area contributed by atoms with Crippen molar-refractivity contribution in [3.05, 3.63) is 106 Å². The molecule has 2 heterocycles. The summed E-state index contributed by atoms with van der Waals surface area (Å²) in [6, 6.07) is 19.1. The number of amides is 1. The Labute approximate surface area is 222 Å². The predicted molar refractivity (Wildman–Crippen MR) is 151 cm³/mol. The molecule has 2 aromatic heterocycles. The van der Waals surface area contributed by atoms with Crippen LogP contribution in [0.15, 0.2) is 77.9 Å². The number of hydrogen-bond donors (Lipinski definition) is 3. The average molecular weight is 521 g/mol. The second kappa shape index (κ2) is 8.61. The molecule has 8 heteroatoms. The molecule has 0 saturated carbocycles. The van der Waals surface area contributed by atoms with Crippen molar-refractivity contribution in [3.8, 4) is 16.8 Å². The smallest absolute Gasteiger partial charge is 0.265 e. The Kier molecular flexibility index (Phi) is 5.41. The Morgan fingerprint density at radius 2 is 1.79 bits per heavy atom. The van der Waals surface area contributed by atoms with Crippen LogP contribution in [-0.4, -0.2) is 25.5 Å². The van der Waals surface area contributed by atoms with E-state index in [0.29, 0.717) is 16.8 Å². The van der Waals surface area contributed by atoms with Crippen LogP contribution >= 0.6 is 0 Å². The first kappa shape index (κ1) is 24.5. The molecule has 0 spiro atoms. The van der Waals surface area contributed by atoms with Gasteiger partial charge in [-0.05, 0) is 73.4 Å². The first-order valence-corrected chi connectivity index (χ1v) is 12.4. The number of para-hydroxylation sites is 1. The number of nitrogens with two attached hydrogens (primary N) is 1. The third-order valence-electron chi connectivity index (χ3n) is 7.32. The molecule has 6 rings (SSSR count). The van der Waals surface area contributed by atoms with Gasteiger partial charge in [-0.2, -0.15) is 0 Å². The largest absolute Gasteiger partial charge is 0.386 e. The number of fused-ring (bicyclic) bond motifs is 4. The zero-order valence-electron chi connectivity index (χ0n) is 21.5. The van der Waals surface area contributed by atoms with Crippen molar-refractivity contribution in [2.24, 2.45) is 5.73 Å². The maximum atomic E-state index is 14.2. The van der Waals surface area contributed by atoms with Gasteiger partial charge in [0, 0.05) is 16.3 Å². The normalized spacial score (nSPS) is 12.0. The van der Waals surface area contributed by atoms with Crippen molar-refractivity contribution in [1.29, 1.82) is 0 Å². The van der Waals surface area contributed by atoms with Crippen molar-refractivity contribution in [3.63, 3.8) is 0 Å². The van der Waals surface area contributed by atoms with Gasteiger partial charge in [0.1, 0.15) is 17.7 Å². The maximum absolute atomic E-state index is 14.2. The van der Waals surface area contributed by atoms with Crippen LogP contribution in [0.2, 0.25) is 0 Å². The zero-order valence-corrected chi connectivity index (χ0v) is 21.5. The molecule has 0 radical (unpaired) electrons. The summed E-state index contributed by atoms with van der Waals surface area (Å²) in [7, 11) is 0. The van der Waals surface area contributed by atoms with Crippen LogP contribution in [0.5, 0.6) is 0 Å². The monoisotopic (exact) mass is 520 g/mol. The van der Waals surface area contributed by atoms with E-state index in [2.05, 4.69) is 9.97 Å². The van der Waals surface area contributed by atoms with E-state index in [1.807, 2.05) is 49.4 Å². The van der Waals surface area contributed by atoms with Crippen molar-refractivity contribution in [2.75, 3.05) is 0 Å². The minimum Gasteiger partial charge on any atom is -0.386 e. The van der Waals surface area contributed by atoms with E-state index in [4.69, 9.17) is 5.73 Å². The number of nitrogens with one attached hydrogen (secondary N) is 1. The summed E-state index contributed by atoms with van der Waals surface area (Å²) in [4.78, 5) is 33.2. The molecule has 0 atom stereocenters. The van der Waals surface area contributed by atoms with Gasteiger partial charge < -0.3 is 15.8 Å². The average Bonchev–Trinajstić information content (AvgIpc) is 3.28. The molecule has 7 nitrogen and oxygen atoms in total. The summed E-state index contributed by atoms with van der Waals surface area (Å²) in [5.41, 5.74) is 9.83. The molecular weight excluding hydrogens is 495 g/mol. The number of carbonyl (C=O) groups is 1. The van der Waals surface area contributed by atoms with E-state index < -0.39 is 17.3 Å². The van der Waals surface area contributed by atoms with Gasteiger partial charge in [-0.15, -0.1) is 0 Å². The zero-order chi connectivity index (χ0) is 27.6. The van der Waals surface area contributed by atoms with E-state index in [1.54, 1.807) is 26.0 Å². The van der Waals surface area contributed by atoms with Gasteiger partial charge in [0.15, 0.2) is 0 Å². The highest BCUT2D eigenvalue weighted by Gasteiger charge is 2.22. The molecule has 4 N–H and O–H groups in total. The summed E-state index contributed by atoms with van der Waals surface area (Å²) in [5, 5.41) is 12.4. The highest BCUT2D eigenvalue weighted by Crippen LogP contribution is 2.39. The third kappa shape index (κ3) is 3.80. The van der Waals surface area contributed by atoms with Crippen LogP contribution in [0.3, 0.4) is 0 Å². The molecule has 194 valence electrons. The molecule has 0 bridgehead atoms. The number of halogens is 1. The van der Waals surface area contributed by atoms with Crippen LogP contribution in [0.1, 0.15) is 35.3 Å². The SMILES string of the molecule is Cc1c(-c2ccc(C(N)=O)c3[nH]c4cc(C(C)(C)O)ccc4c23)cccc1-n1cnc2c(F)cccc2c1=O. The van der Waals surface area contributed by atoms with E-state index in [1.165, 1.54) is 23.0 Å². The van der Waals surface area contributed by atoms with Crippen molar-refractivity contribution in [1.82, 2.24) is 14.5 Å². The molecule has 0 unspecified atom stereocenters. The van der Waals surface area contributed by atoms with E-state index in [-0.39, 0.29) is 16.5 Å². The number of H-pyrrole nitrogens is 1. The van der Waals surface area contributed by atoms with Gasteiger partial charge in [0.05, 0.1) is 27.8 Å². The number of benzene rings is 4. The van der Waals surface area contributed by atoms with Crippen LogP contribution in [-0.2, 0) is 5.60 Å². The molecule has 0 aliphatic heterocycles. The molecule has 4 aromatic carbocycles. The van der Waals surface area contributed by atoms with E-state index in [0.717, 1.165) is 38.5 Å². The fraction of sp³-hybridized carbons (Fsp3) is 0.129. The summed E-state index contributed by atoms with van der Waals surface area (Å²) < 4.78 is 15.6. The lowest BCUT2D eigenvalue weighted by Crippen LogP contribution is -2.20. The highest BCUT2D eigenvalue weighted by atomic mass is 19.1. The molecule has 0 aliphatic carbocycles. The number of primary amides is 1. The first-order chi connectivity index (χ1) is 18.6. The number of aliphatic hydroxyl groups is 1. The fourth-order valence-electron chi connectivity index (χ4n) is 5.29. The maximum Gasteiger partial charge on any atom is 0.265 e. The van der Waals surface area contributed by atoms with E-state index >= 15 is 0 Å². The molecule has 6 aromatic rings. The summed E-state index contributed by atoms with van der Waals surface area (Å²) in [5.74, 6) is -1.11. The quantitative estimate of drug-likeness (QED) is 0.286. The lowest BCUT2D eigenvalue weighted by atomic mass is 9.92. The number of hydrogen-bond acceptors (Lipinski definition) is 4. The standard InChI is InChI=1S/C31H25FN4O3/c1-16-18(6-5-9-25(16)36-15-34-27-22(30(36)38)7-4-8-23(27)32)19-12-13-21(29(33)37)28-26(19)20-11-10-17(31(2,3)39)14-24(20)35-28/h4-15,35,39H,1-3H3,(H2,33,37). The molecule has 0 fully saturated rings. The Balaban J connectivity index is 1.63. The number of carbonyl (C=O) groups excluding carboxylic acids is 1. The Morgan fingerprint density at radius 1 is 1.03 bits per heavy atom. The Hall–Kier alpha value is -4.82. The molecule has 1 amide bonds. The van der Waals surface area contributed by atoms with Gasteiger partial charge in [-0.3, -0.25) is 14.2 Å². The summed E-state index contributed by atoms with van der Waals surface area (Å²) in [6.07, 6.45) is 1.34. The van der Waals surface area contributed by atoms with Crippen molar-refractivity contribution < 1.29 is 14.3 Å². The molecule has 0 aliphatic rings. The van der Waals surface area contributed by atoms with Crippen molar-refractivity contribution in [2.45, 2.75) is 26.4 Å². The number of aromatic amines is 1. The second-order valence-electron chi connectivity index (χ2n) is 10.2. The highest BCUT2D eigenvalue weighted by molar-refractivity contribution is 6.20. The minimum atomic E-state index is -1.05. The van der Waals surface area contributed by atoms with Gasteiger partial charge in [-0.25, -0.2) is 9.37 Å². The van der Waals surface area contributed by atoms with Crippen LogP contribution in [0, 0.1) is 12.7 Å². The third-order valence-corrected chi connectivity index (χ3v) is 7.32. The fourth-order valence-corrected chi connectivity index (χ4v) is 5.29. The topological polar surface area (TPSA) is 114 Å². The lowest BCUT2D eigenvalue weighted by molar-refractivity contribution is 0.0787. The van der Waals surface area contributed by atoms with Crippen LogP contribution < -0.4 is 11.3 Å². The van der Waals surface area contributed by atoms with Crippen LogP contribution in [0.25, 0.3) is 49.5 Å². The van der Waals surface area contributed by atoms with Crippen molar-refractivity contribution >= 4 is 38.6 Å². The molecular formula is C31H25FN4O3. The van der Waals surface area contributed by atoms with Gasteiger partial charge in [0.25, 0.3) is 11.5 Å². The molecule has 0 saturated heterocycles. The lowest BCUT2D eigenvalue weighted by Gasteiger charge is -2.17.